The van der Waals surface area contributed by atoms with Crippen molar-refractivity contribution in [2.45, 2.75) is 6.42 Å². The molecule has 2 aromatic rings. The number of nitrogens with zero attached hydrogens (tertiary/aromatic N) is 2. The molecule has 2 aliphatic carbocycles. The third kappa shape index (κ3) is 3.43. The van der Waals surface area contributed by atoms with E-state index in [0.29, 0.717) is 11.3 Å². The van der Waals surface area contributed by atoms with Crippen LogP contribution in [-0.2, 0) is 9.59 Å². The number of halogens is 1. The zero-order chi connectivity index (χ0) is 23.3. The smallest absolute Gasteiger partial charge is 0.274 e. The van der Waals surface area contributed by atoms with Crippen LogP contribution in [0.5, 0.6) is 5.75 Å². The van der Waals surface area contributed by atoms with Gasteiger partial charge < -0.3 is 4.74 Å². The molecule has 2 bridgehead atoms. The van der Waals surface area contributed by atoms with E-state index in [0.717, 1.165) is 16.4 Å². The average molecular weight is 465 g/mol. The molecular weight excluding hydrogens is 444 g/mol. The number of methoxy groups -OCH3 is 1. The van der Waals surface area contributed by atoms with Gasteiger partial charge in [0.15, 0.2) is 5.78 Å². The first-order valence-corrected chi connectivity index (χ1v) is 11.1. The maximum absolute atomic E-state index is 13.5. The summed E-state index contributed by atoms with van der Waals surface area (Å²) >= 11 is 6.24. The van der Waals surface area contributed by atoms with Crippen molar-refractivity contribution in [2.24, 2.45) is 23.7 Å². The Morgan fingerprint density at radius 3 is 2.33 bits per heavy atom. The van der Waals surface area contributed by atoms with Crippen molar-refractivity contribution in [3.8, 4) is 5.75 Å². The van der Waals surface area contributed by atoms with Crippen LogP contribution in [0.25, 0.3) is 0 Å². The number of carbonyl (C=O) groups excluding carboxylic acids is 4. The summed E-state index contributed by atoms with van der Waals surface area (Å²) in [5, 5.41) is 2.00. The first kappa shape index (κ1) is 21.4. The van der Waals surface area contributed by atoms with Gasteiger partial charge in [-0.2, -0.15) is 5.01 Å². The molecular formula is C25H21ClN2O5. The van der Waals surface area contributed by atoms with Gasteiger partial charge in [0.25, 0.3) is 17.7 Å². The molecule has 2 aromatic carbocycles. The lowest BCUT2D eigenvalue weighted by atomic mass is 9.85. The summed E-state index contributed by atoms with van der Waals surface area (Å²) in [6.45, 7) is -0.489. The van der Waals surface area contributed by atoms with E-state index in [9.17, 15) is 19.2 Å². The minimum absolute atomic E-state index is 0.0206. The van der Waals surface area contributed by atoms with Crippen molar-refractivity contribution < 1.29 is 23.9 Å². The number of ketones is 1. The van der Waals surface area contributed by atoms with Crippen molar-refractivity contribution in [2.75, 3.05) is 13.7 Å². The monoisotopic (exact) mass is 464 g/mol. The first-order valence-electron chi connectivity index (χ1n) is 10.7. The van der Waals surface area contributed by atoms with Gasteiger partial charge in [0.1, 0.15) is 12.3 Å². The molecule has 0 spiro atoms. The molecule has 0 radical (unpaired) electrons. The number of amides is 3. The fraction of sp³-hybridized carbons (Fsp3) is 0.280. The molecule has 1 heterocycles. The molecule has 0 aromatic heterocycles. The Balaban J connectivity index is 1.51. The van der Waals surface area contributed by atoms with Gasteiger partial charge in [0.05, 0.1) is 29.5 Å². The fourth-order valence-electron chi connectivity index (χ4n) is 5.16. The lowest BCUT2D eigenvalue weighted by Gasteiger charge is -2.31. The zero-order valence-electron chi connectivity index (χ0n) is 17.8. The maximum atomic E-state index is 13.5. The van der Waals surface area contributed by atoms with E-state index >= 15 is 0 Å². The third-order valence-corrected chi connectivity index (χ3v) is 7.04. The number of fused-ring (bicyclic) bond motifs is 5. The fourth-order valence-corrected chi connectivity index (χ4v) is 5.37. The standard InChI is InChI=1S/C25H21ClN2O5/c1-33-17-6-4-5-14(12-17)20(29)13-27(23(30)18-7-2-3-8-19(18)26)28-24(31)21-15-9-10-16(11-15)22(21)25(28)32/h2-10,12,15-16,21-22H,11,13H2,1H3/t15-,16-,21+,22+/m0/s1. The number of benzene rings is 2. The molecule has 4 atom stereocenters. The van der Waals surface area contributed by atoms with E-state index in [1.165, 1.54) is 13.2 Å². The molecule has 1 aliphatic heterocycles. The topological polar surface area (TPSA) is 84.0 Å². The Bertz CT molecular complexity index is 1180. The van der Waals surface area contributed by atoms with E-state index < -0.39 is 41.9 Å². The summed E-state index contributed by atoms with van der Waals surface area (Å²) in [4.78, 5) is 53.5. The van der Waals surface area contributed by atoms with Crippen LogP contribution >= 0.6 is 11.6 Å². The van der Waals surface area contributed by atoms with Crippen LogP contribution in [-0.4, -0.2) is 47.2 Å². The summed E-state index contributed by atoms with van der Waals surface area (Å²) in [6, 6.07) is 12.8. The lowest BCUT2D eigenvalue weighted by molar-refractivity contribution is -0.154. The Morgan fingerprint density at radius 1 is 1.03 bits per heavy atom. The Labute approximate surface area is 195 Å². The summed E-state index contributed by atoms with van der Waals surface area (Å²) in [7, 11) is 1.49. The zero-order valence-corrected chi connectivity index (χ0v) is 18.6. The minimum Gasteiger partial charge on any atom is -0.497 e. The van der Waals surface area contributed by atoms with E-state index in [4.69, 9.17) is 16.3 Å². The van der Waals surface area contributed by atoms with Crippen LogP contribution in [0.15, 0.2) is 60.7 Å². The maximum Gasteiger partial charge on any atom is 0.274 e. The number of hydrazine groups is 1. The minimum atomic E-state index is -0.682. The van der Waals surface area contributed by atoms with E-state index in [1.807, 2.05) is 12.2 Å². The highest BCUT2D eigenvalue weighted by Crippen LogP contribution is 2.52. The van der Waals surface area contributed by atoms with Gasteiger partial charge in [0.2, 0.25) is 0 Å². The van der Waals surface area contributed by atoms with Gasteiger partial charge >= 0.3 is 0 Å². The van der Waals surface area contributed by atoms with Crippen LogP contribution in [0.1, 0.15) is 27.1 Å². The van der Waals surface area contributed by atoms with Gasteiger partial charge in [-0.05, 0) is 42.5 Å². The normalized spacial score (nSPS) is 24.8. The van der Waals surface area contributed by atoms with E-state index in [2.05, 4.69) is 0 Å². The Morgan fingerprint density at radius 2 is 1.70 bits per heavy atom. The summed E-state index contributed by atoms with van der Waals surface area (Å²) in [5.74, 6) is -2.56. The van der Waals surface area contributed by atoms with Crippen LogP contribution in [0.4, 0.5) is 0 Å². The highest BCUT2D eigenvalue weighted by Gasteiger charge is 2.61. The van der Waals surface area contributed by atoms with Gasteiger partial charge in [-0.1, -0.05) is 48.0 Å². The SMILES string of the molecule is COc1cccc(C(=O)CN(C(=O)c2ccccc2Cl)N2C(=O)[C@H]3[C@H](C2=O)[C@H]2C=C[C@H]3C2)c1. The second-order valence-corrected chi connectivity index (χ2v) is 8.89. The van der Waals surface area contributed by atoms with Crippen molar-refractivity contribution in [3.05, 3.63) is 76.8 Å². The number of hydrogen-bond donors (Lipinski definition) is 0. The quantitative estimate of drug-likeness (QED) is 0.371. The van der Waals surface area contributed by atoms with Crippen molar-refractivity contribution in [1.82, 2.24) is 10.0 Å². The lowest BCUT2D eigenvalue weighted by Crippen LogP contribution is -2.52. The van der Waals surface area contributed by atoms with Crippen LogP contribution in [0.3, 0.4) is 0 Å². The number of rotatable bonds is 6. The number of allylic oxidation sites excluding steroid dienone is 2. The highest BCUT2D eigenvalue weighted by molar-refractivity contribution is 6.34. The summed E-state index contributed by atoms with van der Waals surface area (Å²) in [6.07, 6.45) is 4.71. The average Bonchev–Trinajstić information content (AvgIpc) is 3.51. The Hall–Kier alpha value is -3.45. The second-order valence-electron chi connectivity index (χ2n) is 8.49. The van der Waals surface area contributed by atoms with E-state index in [-0.39, 0.29) is 22.4 Å². The molecule has 1 saturated heterocycles. The number of hydrogen-bond acceptors (Lipinski definition) is 5. The number of carbonyl (C=O) groups is 4. The second kappa shape index (κ2) is 8.15. The van der Waals surface area contributed by atoms with E-state index in [1.54, 1.807) is 42.5 Å². The molecule has 0 unspecified atom stereocenters. The van der Waals surface area contributed by atoms with Crippen molar-refractivity contribution >= 4 is 35.1 Å². The number of imide groups is 1. The number of ether oxygens (including phenoxy) is 1. The summed E-state index contributed by atoms with van der Waals surface area (Å²) in [5.41, 5.74) is 0.406. The van der Waals surface area contributed by atoms with Gasteiger partial charge in [0, 0.05) is 5.56 Å². The number of Topliss-reactive ketones (excluding diaryl/α,β-unsaturated/α-hetero) is 1. The van der Waals surface area contributed by atoms with Crippen LogP contribution < -0.4 is 4.74 Å². The Kier molecular flexibility index (Phi) is 5.29. The van der Waals surface area contributed by atoms with Crippen LogP contribution in [0, 0.1) is 23.7 Å². The molecule has 2 fully saturated rings. The predicted octanol–water partition coefficient (Wildman–Crippen LogP) is 3.40. The molecule has 5 rings (SSSR count). The predicted molar refractivity (Wildman–Crippen MR) is 119 cm³/mol. The van der Waals surface area contributed by atoms with Gasteiger partial charge in [-0.15, -0.1) is 0 Å². The van der Waals surface area contributed by atoms with Crippen LogP contribution in [0.2, 0.25) is 5.02 Å². The van der Waals surface area contributed by atoms with Crippen molar-refractivity contribution in [1.29, 1.82) is 0 Å². The molecule has 1 saturated carbocycles. The summed E-state index contributed by atoms with van der Waals surface area (Å²) < 4.78 is 5.18. The highest BCUT2D eigenvalue weighted by atomic mass is 35.5. The first-order chi connectivity index (χ1) is 15.9. The molecule has 0 N–H and O–H groups in total. The molecule has 3 amide bonds. The van der Waals surface area contributed by atoms with Crippen molar-refractivity contribution in [3.63, 3.8) is 0 Å². The molecule has 33 heavy (non-hydrogen) atoms. The van der Waals surface area contributed by atoms with Gasteiger partial charge in [-0.25, -0.2) is 5.01 Å². The third-order valence-electron chi connectivity index (χ3n) is 6.71. The largest absolute Gasteiger partial charge is 0.497 e. The molecule has 168 valence electrons. The van der Waals surface area contributed by atoms with Gasteiger partial charge in [-0.3, -0.25) is 19.2 Å². The molecule has 7 nitrogen and oxygen atoms in total. The molecule has 3 aliphatic rings. The molecule has 8 heteroatoms.